The van der Waals surface area contributed by atoms with Crippen LogP contribution in [-0.4, -0.2) is 70.0 Å². The van der Waals surface area contributed by atoms with E-state index in [2.05, 4.69) is 148 Å². The first-order chi connectivity index (χ1) is 48.0. The van der Waals surface area contributed by atoms with Gasteiger partial charge in [0.25, 0.3) is 7.82 Å². The number of quaternary nitrogens is 1. The lowest BCUT2D eigenvalue weighted by Gasteiger charge is -2.28. The molecule has 0 aliphatic carbocycles. The molecular formula is C88H154NO8P. The molecule has 10 heteroatoms. The van der Waals surface area contributed by atoms with Gasteiger partial charge >= 0.3 is 11.9 Å². The number of allylic oxidation sites excluding steroid dienone is 22. The maximum absolute atomic E-state index is 12.9. The highest BCUT2D eigenvalue weighted by molar-refractivity contribution is 7.45. The van der Waals surface area contributed by atoms with Gasteiger partial charge in [0.15, 0.2) is 6.10 Å². The van der Waals surface area contributed by atoms with E-state index >= 15 is 0 Å². The maximum Gasteiger partial charge on any atom is 0.306 e. The predicted molar refractivity (Wildman–Crippen MR) is 424 cm³/mol. The van der Waals surface area contributed by atoms with Crippen molar-refractivity contribution in [3.63, 3.8) is 0 Å². The number of nitrogens with zero attached hydrogens (tertiary/aromatic N) is 1. The third-order valence-corrected chi connectivity index (χ3v) is 18.6. The van der Waals surface area contributed by atoms with Crippen molar-refractivity contribution in [1.29, 1.82) is 0 Å². The highest BCUT2D eigenvalue weighted by Crippen LogP contribution is 2.38. The van der Waals surface area contributed by atoms with E-state index in [1.54, 1.807) is 0 Å². The lowest BCUT2D eigenvalue weighted by molar-refractivity contribution is -0.870. The lowest BCUT2D eigenvalue weighted by atomic mass is 10.0. The molecular weight excluding hydrogens is 1230 g/mol. The van der Waals surface area contributed by atoms with Crippen molar-refractivity contribution < 1.29 is 42.1 Å². The molecule has 0 aliphatic rings. The molecule has 0 aromatic rings. The topological polar surface area (TPSA) is 111 Å². The van der Waals surface area contributed by atoms with Gasteiger partial charge < -0.3 is 27.9 Å². The number of likely N-dealkylation sites (N-methyl/N-ethyl adjacent to an activating group) is 1. The zero-order valence-corrected chi connectivity index (χ0v) is 65.3. The van der Waals surface area contributed by atoms with Gasteiger partial charge in [0.1, 0.15) is 19.8 Å². The Bertz CT molecular complexity index is 2120. The van der Waals surface area contributed by atoms with Gasteiger partial charge in [0, 0.05) is 12.8 Å². The molecule has 0 aromatic carbocycles. The molecule has 9 nitrogen and oxygen atoms in total. The van der Waals surface area contributed by atoms with E-state index < -0.39 is 26.5 Å². The van der Waals surface area contributed by atoms with Crippen molar-refractivity contribution in [2.24, 2.45) is 0 Å². The Labute approximate surface area is 606 Å². The fraction of sp³-hybridized carbons (Fsp3) is 0.727. The molecule has 0 spiro atoms. The number of carbonyl (C=O) groups excluding carboxylic acids is 2. The number of ether oxygens (including phenoxy) is 2. The van der Waals surface area contributed by atoms with E-state index in [9.17, 15) is 19.0 Å². The maximum atomic E-state index is 12.9. The molecule has 0 saturated heterocycles. The summed E-state index contributed by atoms with van der Waals surface area (Å²) in [6.07, 6.45) is 113. The monoisotopic (exact) mass is 1380 g/mol. The van der Waals surface area contributed by atoms with Gasteiger partial charge in [0.2, 0.25) is 0 Å². The summed E-state index contributed by atoms with van der Waals surface area (Å²) in [5.74, 6) is -0.840. The van der Waals surface area contributed by atoms with Crippen LogP contribution in [-0.2, 0) is 32.7 Å². The van der Waals surface area contributed by atoms with Gasteiger partial charge in [0.05, 0.1) is 27.7 Å². The van der Waals surface area contributed by atoms with Crippen LogP contribution >= 0.6 is 7.82 Å². The van der Waals surface area contributed by atoms with Gasteiger partial charge in [-0.05, 0) is 116 Å². The Kier molecular flexibility index (Phi) is 74.3. The summed E-state index contributed by atoms with van der Waals surface area (Å²) in [5, 5.41) is 0. The Balaban J connectivity index is 3.99. The molecule has 98 heavy (non-hydrogen) atoms. The molecule has 2 atom stereocenters. The number of unbranched alkanes of at least 4 members (excludes halogenated alkanes) is 39. The minimum absolute atomic E-state index is 0.0377. The summed E-state index contributed by atoms with van der Waals surface area (Å²) in [4.78, 5) is 38.2. The van der Waals surface area contributed by atoms with Crippen molar-refractivity contribution in [3.8, 4) is 0 Å². The average molecular weight is 1390 g/mol. The normalized spacial score (nSPS) is 13.7. The van der Waals surface area contributed by atoms with E-state index in [0.29, 0.717) is 17.4 Å². The molecule has 0 heterocycles. The number of hydrogen-bond donors (Lipinski definition) is 0. The van der Waals surface area contributed by atoms with Gasteiger partial charge in [-0.15, -0.1) is 0 Å². The van der Waals surface area contributed by atoms with Crippen LogP contribution in [0.3, 0.4) is 0 Å². The van der Waals surface area contributed by atoms with Crippen LogP contribution in [0.15, 0.2) is 134 Å². The Morgan fingerprint density at radius 1 is 0.327 bits per heavy atom. The summed E-state index contributed by atoms with van der Waals surface area (Å²) in [7, 11) is 1.16. The Morgan fingerprint density at radius 3 is 0.867 bits per heavy atom. The number of phosphoric acid groups is 1. The third-order valence-electron chi connectivity index (χ3n) is 17.7. The highest BCUT2D eigenvalue weighted by Gasteiger charge is 2.22. The first-order valence-electron chi connectivity index (χ1n) is 40.9. The van der Waals surface area contributed by atoms with Crippen LogP contribution in [0.5, 0.6) is 0 Å². The minimum Gasteiger partial charge on any atom is -0.756 e. The largest absolute Gasteiger partial charge is 0.756 e. The average Bonchev–Trinajstić information content (AvgIpc) is 1.08. The third kappa shape index (κ3) is 81.1. The van der Waals surface area contributed by atoms with Crippen LogP contribution in [0.1, 0.15) is 361 Å². The minimum atomic E-state index is -4.66. The van der Waals surface area contributed by atoms with Crippen LogP contribution in [0.25, 0.3) is 0 Å². The summed E-state index contributed by atoms with van der Waals surface area (Å²) in [5.41, 5.74) is 0. The van der Waals surface area contributed by atoms with Crippen LogP contribution in [0.4, 0.5) is 0 Å². The van der Waals surface area contributed by atoms with E-state index in [0.717, 1.165) is 109 Å². The van der Waals surface area contributed by atoms with Crippen LogP contribution < -0.4 is 4.89 Å². The molecule has 0 radical (unpaired) electrons. The van der Waals surface area contributed by atoms with E-state index in [1.807, 2.05) is 21.1 Å². The fourth-order valence-corrected chi connectivity index (χ4v) is 12.2. The van der Waals surface area contributed by atoms with Crippen molar-refractivity contribution in [2.75, 3.05) is 47.5 Å². The van der Waals surface area contributed by atoms with E-state index in [1.165, 1.54) is 218 Å². The van der Waals surface area contributed by atoms with Gasteiger partial charge in [-0.25, -0.2) is 0 Å². The standard InChI is InChI=1S/C88H154NO8P/c1-6-8-10-12-14-16-18-20-22-24-26-28-30-32-34-36-38-40-42-43-44-45-47-48-50-52-54-56-58-60-62-64-66-68-70-72-74-76-78-80-87(90)94-84-86(85-96-98(92,93)95-83-82-89(3,4)5)97-88(91)81-79-77-75-73-71-69-67-65-63-61-59-57-55-53-51-49-46-41-39-37-35-33-31-29-27-25-23-21-19-17-15-13-11-9-7-2/h9,11,15,17-18,20-21,23-24,26-27,29,33,35,39,41,49,51,55,57,61,63,86H,6-8,10,12-14,16,19,22,25,28,30-32,34,36-38,40,42-48,50,52-54,56,58-60,62,64-85H2,1-5H3/b11-9-,17-15-,20-18-,23-21-,26-24-,29-27-,35-33-,41-39-,51-49-,57-55-,63-61-. The number of phosphoric ester groups is 1. The number of rotatable bonds is 75. The van der Waals surface area contributed by atoms with Crippen molar-refractivity contribution in [3.05, 3.63) is 134 Å². The van der Waals surface area contributed by atoms with Gasteiger partial charge in [-0.1, -0.05) is 366 Å². The molecule has 0 fully saturated rings. The van der Waals surface area contributed by atoms with E-state index in [-0.39, 0.29) is 32.0 Å². The van der Waals surface area contributed by atoms with E-state index in [4.69, 9.17) is 18.5 Å². The second-order valence-corrected chi connectivity index (χ2v) is 29.8. The molecule has 0 bridgehead atoms. The lowest BCUT2D eigenvalue weighted by Crippen LogP contribution is -2.37. The second-order valence-electron chi connectivity index (χ2n) is 28.4. The molecule has 0 aliphatic heterocycles. The summed E-state index contributed by atoms with van der Waals surface area (Å²) >= 11 is 0. The molecule has 0 N–H and O–H groups in total. The summed E-state index contributed by atoms with van der Waals surface area (Å²) < 4.78 is 34.4. The highest BCUT2D eigenvalue weighted by atomic mass is 31.2. The Morgan fingerprint density at radius 2 is 0.582 bits per heavy atom. The predicted octanol–water partition coefficient (Wildman–Crippen LogP) is 26.9. The molecule has 564 valence electrons. The van der Waals surface area contributed by atoms with Crippen molar-refractivity contribution in [2.45, 2.75) is 367 Å². The van der Waals surface area contributed by atoms with Crippen molar-refractivity contribution in [1.82, 2.24) is 0 Å². The van der Waals surface area contributed by atoms with Gasteiger partial charge in [-0.2, -0.15) is 0 Å². The smallest absolute Gasteiger partial charge is 0.306 e. The zero-order chi connectivity index (χ0) is 71.1. The van der Waals surface area contributed by atoms with Crippen LogP contribution in [0, 0.1) is 0 Å². The second kappa shape index (κ2) is 77.3. The van der Waals surface area contributed by atoms with Gasteiger partial charge in [-0.3, -0.25) is 14.2 Å². The fourth-order valence-electron chi connectivity index (χ4n) is 11.4. The van der Waals surface area contributed by atoms with Crippen LogP contribution in [0.2, 0.25) is 0 Å². The molecule has 0 rings (SSSR count). The zero-order valence-electron chi connectivity index (χ0n) is 64.5. The number of carbonyl (C=O) groups is 2. The molecule has 0 aromatic heterocycles. The van der Waals surface area contributed by atoms with Crippen molar-refractivity contribution >= 4 is 19.8 Å². The summed E-state index contributed by atoms with van der Waals surface area (Å²) in [6.45, 7) is 4.13. The SMILES string of the molecule is CC/C=C\C/C=C\C/C=C\C/C=C\C/C=C\C/C=C\C/C=C\C/C=C\C/C=C\CCCCCCCCCC(=O)OC(COC(=O)CCCCCCCCCCCCCCCCCCCCCCCCCCCCC/C=C\C/C=C\CCCCCCC)COP(=O)([O-])OCC[N+](C)(C)C. The number of esters is 2. The quantitative estimate of drug-likeness (QED) is 0.0195. The first kappa shape index (κ1) is 94.2. The Hall–Kier alpha value is -3.85. The molecule has 0 saturated carbocycles. The summed E-state index contributed by atoms with van der Waals surface area (Å²) in [6, 6.07) is 0. The number of hydrogen-bond acceptors (Lipinski definition) is 8. The first-order valence-corrected chi connectivity index (χ1v) is 42.4. The molecule has 0 amide bonds. The molecule has 2 unspecified atom stereocenters.